The molecule has 0 aromatic carbocycles. The number of rotatable bonds is 5. The second-order valence-electron chi connectivity index (χ2n) is 5.38. The van der Waals surface area contributed by atoms with Gasteiger partial charge in [0.15, 0.2) is 9.84 Å². The lowest BCUT2D eigenvalue weighted by atomic mass is 10.2. The number of nitrogens with one attached hydrogen (secondary N) is 1. The Hall–Kier alpha value is -0.880. The number of hydrogen-bond donors (Lipinski definition) is 1. The molecule has 6 heteroatoms. The van der Waals surface area contributed by atoms with Crippen LogP contribution in [0.25, 0.3) is 0 Å². The van der Waals surface area contributed by atoms with Crippen LogP contribution in [-0.4, -0.2) is 35.7 Å². The third-order valence-electron chi connectivity index (χ3n) is 3.74. The van der Waals surface area contributed by atoms with E-state index in [9.17, 15) is 8.42 Å². The molecule has 2 heterocycles. The Morgan fingerprint density at radius 3 is 3.05 bits per heavy atom. The van der Waals surface area contributed by atoms with Crippen molar-refractivity contribution in [3.05, 3.63) is 18.0 Å². The Morgan fingerprint density at radius 2 is 2.37 bits per heavy atom. The molecule has 1 saturated heterocycles. The molecular formula is C13H23N3O2S. The average Bonchev–Trinajstić information content (AvgIpc) is 2.83. The molecule has 1 fully saturated rings. The van der Waals surface area contributed by atoms with E-state index in [1.54, 1.807) is 0 Å². The molecule has 2 atom stereocenters. The van der Waals surface area contributed by atoms with Gasteiger partial charge in [0.1, 0.15) is 0 Å². The lowest BCUT2D eigenvalue weighted by Gasteiger charge is -2.22. The molecule has 1 aliphatic rings. The minimum atomic E-state index is -2.84. The van der Waals surface area contributed by atoms with Gasteiger partial charge in [-0.15, -0.1) is 0 Å². The number of nitrogens with zero attached hydrogens (tertiary/aromatic N) is 2. The van der Waals surface area contributed by atoms with Crippen LogP contribution in [0.5, 0.6) is 0 Å². The zero-order valence-corrected chi connectivity index (χ0v) is 12.5. The molecule has 0 aliphatic carbocycles. The molecule has 5 nitrogen and oxygen atoms in total. The van der Waals surface area contributed by atoms with Crippen LogP contribution in [0.2, 0.25) is 0 Å². The van der Waals surface area contributed by atoms with Crippen LogP contribution in [0.4, 0.5) is 0 Å². The van der Waals surface area contributed by atoms with Crippen molar-refractivity contribution in [3.63, 3.8) is 0 Å². The highest BCUT2D eigenvalue weighted by atomic mass is 32.2. The molecule has 108 valence electrons. The monoisotopic (exact) mass is 285 g/mol. The largest absolute Gasteiger partial charge is 0.307 e. The standard InChI is InChI=1S/C13H23N3O2S/c1-3-11(2)16-7-6-12(15-16)9-14-13-5-4-8-19(17,18)10-13/h6-7,11,13-14H,3-5,8-10H2,1-2H3. The van der Waals surface area contributed by atoms with E-state index in [1.165, 1.54) is 0 Å². The summed E-state index contributed by atoms with van der Waals surface area (Å²) in [5.41, 5.74) is 0.975. The summed E-state index contributed by atoms with van der Waals surface area (Å²) < 4.78 is 25.1. The van der Waals surface area contributed by atoms with E-state index < -0.39 is 9.84 Å². The molecule has 1 aromatic heterocycles. The van der Waals surface area contributed by atoms with Crippen molar-refractivity contribution in [2.24, 2.45) is 0 Å². The van der Waals surface area contributed by atoms with Crippen LogP contribution in [0.1, 0.15) is 44.8 Å². The quantitative estimate of drug-likeness (QED) is 0.891. The molecule has 1 aliphatic heterocycles. The van der Waals surface area contributed by atoms with Crippen molar-refractivity contribution >= 4 is 9.84 Å². The Bertz CT molecular complexity index is 510. The Labute approximate surface area is 115 Å². The first kappa shape index (κ1) is 14.5. The lowest BCUT2D eigenvalue weighted by molar-refractivity contribution is 0.456. The van der Waals surface area contributed by atoms with Crippen molar-refractivity contribution in [1.29, 1.82) is 0 Å². The van der Waals surface area contributed by atoms with Crippen molar-refractivity contribution in [3.8, 4) is 0 Å². The molecule has 2 rings (SSSR count). The Morgan fingerprint density at radius 1 is 1.58 bits per heavy atom. The number of aromatic nitrogens is 2. The van der Waals surface area contributed by atoms with Gasteiger partial charge in [-0.1, -0.05) is 6.92 Å². The van der Waals surface area contributed by atoms with Gasteiger partial charge in [0.2, 0.25) is 0 Å². The normalized spacial score (nSPS) is 24.2. The maximum absolute atomic E-state index is 11.5. The van der Waals surface area contributed by atoms with Gasteiger partial charge in [-0.3, -0.25) is 4.68 Å². The summed E-state index contributed by atoms with van der Waals surface area (Å²) in [5.74, 6) is 0.604. The third-order valence-corrected chi connectivity index (χ3v) is 5.56. The molecule has 0 bridgehead atoms. The third kappa shape index (κ3) is 4.04. The Balaban J connectivity index is 1.87. The number of sulfone groups is 1. The summed E-state index contributed by atoms with van der Waals surface area (Å²) in [6.45, 7) is 4.92. The highest BCUT2D eigenvalue weighted by molar-refractivity contribution is 7.91. The van der Waals surface area contributed by atoms with Gasteiger partial charge in [-0.25, -0.2) is 8.42 Å². The SMILES string of the molecule is CCC(C)n1ccc(CNC2CCCS(=O)(=O)C2)n1. The fourth-order valence-corrected chi connectivity index (χ4v) is 4.01. The van der Waals surface area contributed by atoms with Crippen molar-refractivity contribution in [2.45, 2.75) is 51.7 Å². The Kier molecular flexibility index (Phi) is 4.62. The summed E-state index contributed by atoms with van der Waals surface area (Å²) in [7, 11) is -2.84. The van der Waals surface area contributed by atoms with Gasteiger partial charge in [0.25, 0.3) is 0 Å². The van der Waals surface area contributed by atoms with Crippen LogP contribution < -0.4 is 5.32 Å². The van der Waals surface area contributed by atoms with Gasteiger partial charge in [-0.2, -0.15) is 5.10 Å². The smallest absolute Gasteiger partial charge is 0.151 e. The average molecular weight is 285 g/mol. The maximum atomic E-state index is 11.5. The van der Waals surface area contributed by atoms with Gasteiger partial charge >= 0.3 is 0 Å². The van der Waals surface area contributed by atoms with E-state index in [2.05, 4.69) is 24.3 Å². The molecule has 0 spiro atoms. The molecule has 2 unspecified atom stereocenters. The van der Waals surface area contributed by atoms with Crippen LogP contribution in [-0.2, 0) is 16.4 Å². The summed E-state index contributed by atoms with van der Waals surface area (Å²) in [4.78, 5) is 0. The summed E-state index contributed by atoms with van der Waals surface area (Å²) in [6, 6.07) is 2.48. The molecule has 1 N–H and O–H groups in total. The highest BCUT2D eigenvalue weighted by Crippen LogP contribution is 2.13. The highest BCUT2D eigenvalue weighted by Gasteiger charge is 2.24. The summed E-state index contributed by atoms with van der Waals surface area (Å²) >= 11 is 0. The van der Waals surface area contributed by atoms with Crippen LogP contribution in [0.15, 0.2) is 12.3 Å². The van der Waals surface area contributed by atoms with Crippen molar-refractivity contribution in [1.82, 2.24) is 15.1 Å². The van der Waals surface area contributed by atoms with Gasteiger partial charge in [-0.05, 0) is 32.3 Å². The van der Waals surface area contributed by atoms with Crippen molar-refractivity contribution < 1.29 is 8.42 Å². The predicted molar refractivity (Wildman–Crippen MR) is 75.7 cm³/mol. The molecule has 0 amide bonds. The van der Waals surface area contributed by atoms with Crippen LogP contribution in [0.3, 0.4) is 0 Å². The second-order valence-corrected chi connectivity index (χ2v) is 7.61. The van der Waals surface area contributed by atoms with E-state index in [4.69, 9.17) is 0 Å². The molecule has 19 heavy (non-hydrogen) atoms. The van der Waals surface area contributed by atoms with E-state index in [0.717, 1.165) is 25.0 Å². The van der Waals surface area contributed by atoms with Gasteiger partial charge < -0.3 is 5.32 Å². The minimum Gasteiger partial charge on any atom is -0.307 e. The minimum absolute atomic E-state index is 0.0764. The fraction of sp³-hybridized carbons (Fsp3) is 0.769. The topological polar surface area (TPSA) is 64.0 Å². The maximum Gasteiger partial charge on any atom is 0.151 e. The van der Waals surface area contributed by atoms with Gasteiger partial charge in [0, 0.05) is 24.8 Å². The number of hydrogen-bond acceptors (Lipinski definition) is 4. The van der Waals surface area contributed by atoms with E-state index >= 15 is 0 Å². The first-order chi connectivity index (χ1) is 9.00. The van der Waals surface area contributed by atoms with Crippen molar-refractivity contribution in [2.75, 3.05) is 11.5 Å². The second kappa shape index (κ2) is 6.05. The zero-order chi connectivity index (χ0) is 13.9. The molecule has 1 aromatic rings. The van der Waals surface area contributed by atoms with Crippen LogP contribution >= 0.6 is 0 Å². The predicted octanol–water partition coefficient (Wildman–Crippen LogP) is 1.52. The summed E-state index contributed by atoms with van der Waals surface area (Å²) in [6.07, 6.45) is 4.74. The van der Waals surface area contributed by atoms with Gasteiger partial charge in [0.05, 0.1) is 17.2 Å². The van der Waals surface area contributed by atoms with Crippen LogP contribution in [0, 0.1) is 0 Å². The molecule has 0 radical (unpaired) electrons. The van der Waals surface area contributed by atoms with E-state index in [1.807, 2.05) is 16.9 Å². The zero-order valence-electron chi connectivity index (χ0n) is 11.7. The molecular weight excluding hydrogens is 262 g/mol. The molecule has 0 saturated carbocycles. The summed E-state index contributed by atoms with van der Waals surface area (Å²) in [5, 5.41) is 7.82. The van der Waals surface area contributed by atoms with E-state index in [0.29, 0.717) is 18.3 Å². The first-order valence-electron chi connectivity index (χ1n) is 6.98. The lowest BCUT2D eigenvalue weighted by Crippen LogP contribution is -2.39. The fourth-order valence-electron chi connectivity index (χ4n) is 2.34. The first-order valence-corrected chi connectivity index (χ1v) is 8.80. The van der Waals surface area contributed by atoms with E-state index in [-0.39, 0.29) is 11.8 Å².